The van der Waals surface area contributed by atoms with Gasteiger partial charge in [0.05, 0.1) is 23.4 Å². The monoisotopic (exact) mass is 535 g/mol. The Balaban J connectivity index is 1.05. The summed E-state index contributed by atoms with van der Waals surface area (Å²) < 4.78 is 3.18. The third-order valence-corrected chi connectivity index (χ3v) is 8.95. The van der Waals surface area contributed by atoms with Gasteiger partial charge in [-0.15, -0.1) is 0 Å². The van der Waals surface area contributed by atoms with E-state index in [1.165, 1.54) is 39.0 Å². The van der Waals surface area contributed by atoms with Gasteiger partial charge in [0.25, 0.3) is 0 Å². The zero-order valence-corrected chi connectivity index (χ0v) is 22.2. The minimum Gasteiger partial charge on any atom is -0.370 e. The van der Waals surface area contributed by atoms with Crippen molar-refractivity contribution < 1.29 is 0 Å². The van der Waals surface area contributed by atoms with E-state index in [0.717, 1.165) is 62.9 Å². The molecule has 184 valence electrons. The van der Waals surface area contributed by atoms with Crippen LogP contribution in [0.15, 0.2) is 44.6 Å². The first kappa shape index (κ1) is 23.0. The fourth-order valence-corrected chi connectivity index (χ4v) is 6.78. The van der Waals surface area contributed by atoms with E-state index in [9.17, 15) is 4.79 Å². The minimum absolute atomic E-state index is 0.0255. The largest absolute Gasteiger partial charge is 0.370 e. The molecule has 2 aliphatic heterocycles. The highest BCUT2D eigenvalue weighted by molar-refractivity contribution is 9.10. The van der Waals surface area contributed by atoms with E-state index in [-0.39, 0.29) is 11.7 Å². The fraction of sp³-hybridized carbons (Fsp3) is 0.500. The predicted molar refractivity (Wildman–Crippen MR) is 146 cm³/mol. The van der Waals surface area contributed by atoms with Crippen LogP contribution in [0.3, 0.4) is 0 Å². The second-order valence-electron chi connectivity index (χ2n) is 10.6. The minimum atomic E-state index is 0.0255. The van der Waals surface area contributed by atoms with Crippen molar-refractivity contribution in [1.29, 1.82) is 0 Å². The average molecular weight is 537 g/mol. The normalized spacial score (nSPS) is 24.0. The van der Waals surface area contributed by atoms with E-state index >= 15 is 0 Å². The van der Waals surface area contributed by atoms with Crippen molar-refractivity contribution in [2.75, 3.05) is 26.2 Å². The molecule has 3 aromatic rings. The summed E-state index contributed by atoms with van der Waals surface area (Å²) in [5.41, 5.74) is 7.47. The molecule has 3 heterocycles. The molecule has 2 aromatic carbocycles. The number of aryl methyl sites for hydroxylation is 3. The first-order valence-electron chi connectivity index (χ1n) is 13.0. The van der Waals surface area contributed by atoms with E-state index in [1.807, 2.05) is 4.57 Å². The zero-order valence-electron chi connectivity index (χ0n) is 20.6. The highest BCUT2D eigenvalue weighted by Crippen LogP contribution is 2.39. The fourth-order valence-electron chi connectivity index (χ4n) is 6.37. The lowest BCUT2D eigenvalue weighted by Crippen LogP contribution is -2.38. The number of nitrogens with one attached hydrogen (secondary N) is 2. The number of fused-ring (bicyclic) bond motifs is 4. The van der Waals surface area contributed by atoms with Crippen LogP contribution in [0.25, 0.3) is 11.0 Å². The van der Waals surface area contributed by atoms with Gasteiger partial charge in [-0.05, 0) is 86.1 Å². The van der Waals surface area contributed by atoms with E-state index in [4.69, 9.17) is 4.99 Å². The molecular formula is C28H34BrN5O. The Kier molecular flexibility index (Phi) is 6.09. The highest BCUT2D eigenvalue weighted by atomic mass is 79.9. The zero-order chi connectivity index (χ0) is 24.1. The summed E-state index contributed by atoms with van der Waals surface area (Å²) in [5.74, 6) is 1.74. The van der Waals surface area contributed by atoms with Gasteiger partial charge in [0.15, 0.2) is 0 Å². The van der Waals surface area contributed by atoms with Gasteiger partial charge in [-0.1, -0.05) is 22.0 Å². The number of aromatic amines is 1. The molecule has 6 rings (SSSR count). The average Bonchev–Trinajstić information content (AvgIpc) is 3.39. The number of halogens is 1. The van der Waals surface area contributed by atoms with Crippen molar-refractivity contribution in [3.05, 3.63) is 67.5 Å². The van der Waals surface area contributed by atoms with Gasteiger partial charge in [-0.3, -0.25) is 9.56 Å². The molecule has 3 aliphatic rings. The van der Waals surface area contributed by atoms with Gasteiger partial charge in [0.1, 0.15) is 0 Å². The lowest BCUT2D eigenvalue weighted by atomic mass is 9.80. The summed E-state index contributed by atoms with van der Waals surface area (Å²) in [5, 5.41) is 3.72. The van der Waals surface area contributed by atoms with Crippen molar-refractivity contribution in [3.8, 4) is 0 Å². The number of benzene rings is 2. The number of rotatable bonds is 4. The molecule has 2 atom stereocenters. The van der Waals surface area contributed by atoms with Crippen LogP contribution >= 0.6 is 15.9 Å². The van der Waals surface area contributed by atoms with Gasteiger partial charge in [-0.25, -0.2) is 4.79 Å². The molecule has 1 aromatic heterocycles. The lowest BCUT2D eigenvalue weighted by molar-refractivity contribution is 0.191. The molecule has 1 aliphatic carbocycles. The van der Waals surface area contributed by atoms with Crippen molar-refractivity contribution in [2.45, 2.75) is 64.0 Å². The molecule has 0 spiro atoms. The van der Waals surface area contributed by atoms with Crippen LogP contribution in [0.4, 0.5) is 0 Å². The quantitative estimate of drug-likeness (QED) is 0.502. The van der Waals surface area contributed by atoms with E-state index in [1.54, 1.807) is 0 Å². The Morgan fingerprint density at radius 1 is 1.09 bits per heavy atom. The van der Waals surface area contributed by atoms with Gasteiger partial charge < -0.3 is 15.2 Å². The molecule has 2 unspecified atom stereocenters. The van der Waals surface area contributed by atoms with Gasteiger partial charge in [0, 0.05) is 48.5 Å². The summed E-state index contributed by atoms with van der Waals surface area (Å²) in [6, 6.07) is 11.8. The predicted octanol–water partition coefficient (Wildman–Crippen LogP) is 4.84. The number of aliphatic imine (C=N–C) groups is 1. The second-order valence-corrected chi connectivity index (χ2v) is 11.5. The van der Waals surface area contributed by atoms with Gasteiger partial charge in [-0.2, -0.15) is 0 Å². The third-order valence-electron chi connectivity index (χ3n) is 8.45. The van der Waals surface area contributed by atoms with Crippen molar-refractivity contribution in [3.63, 3.8) is 0 Å². The maximum Gasteiger partial charge on any atom is 0.326 e. The first-order chi connectivity index (χ1) is 17.0. The summed E-state index contributed by atoms with van der Waals surface area (Å²) in [6.45, 7) is 8.07. The summed E-state index contributed by atoms with van der Waals surface area (Å²) in [7, 11) is 0. The maximum atomic E-state index is 12.7. The Bertz CT molecular complexity index is 1350. The molecule has 6 nitrogen and oxygen atoms in total. The van der Waals surface area contributed by atoms with Gasteiger partial charge >= 0.3 is 5.69 Å². The summed E-state index contributed by atoms with van der Waals surface area (Å²) >= 11 is 3.62. The number of hydrogen-bond acceptors (Lipinski definition) is 3. The molecule has 2 N–H and O–H groups in total. The number of piperidine rings is 1. The van der Waals surface area contributed by atoms with Crippen LogP contribution in [0.5, 0.6) is 0 Å². The number of nitrogens with zero attached hydrogens (tertiary/aromatic N) is 3. The standard InChI is InChI=1S/C28H34BrN5O/c1-17-13-25-26(14-18(17)2)34(28(35)32-25)21-7-10-33(11-8-21)12-9-30-27-16-23-22-5-4-20(29)15-19(22)3-6-24(23)31-27/h4-5,13-15,21,23-24H,3,6-12,16H2,1-2H3,(H,30,31)(H,32,35). The smallest absolute Gasteiger partial charge is 0.326 e. The van der Waals surface area contributed by atoms with Crippen LogP contribution in [-0.2, 0) is 6.42 Å². The Hall–Kier alpha value is -2.38. The highest BCUT2D eigenvalue weighted by Gasteiger charge is 2.36. The van der Waals surface area contributed by atoms with Crippen LogP contribution in [0, 0.1) is 13.8 Å². The number of hydrogen-bond donors (Lipinski definition) is 2. The SMILES string of the molecule is Cc1cc2[nH]c(=O)n(C3CCN(CCN=C4CC5c6ccc(Br)cc6CCC5N4)CC3)c2cc1C. The van der Waals surface area contributed by atoms with Crippen LogP contribution in [0.2, 0.25) is 0 Å². The van der Waals surface area contributed by atoms with Crippen molar-refractivity contribution in [2.24, 2.45) is 4.99 Å². The summed E-state index contributed by atoms with van der Waals surface area (Å²) in [6.07, 6.45) is 5.37. The Morgan fingerprint density at radius 3 is 2.71 bits per heavy atom. The van der Waals surface area contributed by atoms with Crippen LogP contribution in [0.1, 0.15) is 59.9 Å². The topological polar surface area (TPSA) is 65.4 Å². The van der Waals surface area contributed by atoms with Crippen LogP contribution < -0.4 is 11.0 Å². The Labute approximate surface area is 214 Å². The third kappa shape index (κ3) is 4.38. The molecule has 7 heteroatoms. The molecule has 2 fully saturated rings. The van der Waals surface area contributed by atoms with Crippen molar-refractivity contribution in [1.82, 2.24) is 19.8 Å². The number of aromatic nitrogens is 2. The van der Waals surface area contributed by atoms with E-state index in [2.05, 4.69) is 75.3 Å². The van der Waals surface area contributed by atoms with Crippen LogP contribution in [-0.4, -0.2) is 52.5 Å². The van der Waals surface area contributed by atoms with E-state index < -0.39 is 0 Å². The number of likely N-dealkylation sites (tertiary alicyclic amines) is 1. The second kappa shape index (κ2) is 9.25. The lowest BCUT2D eigenvalue weighted by Gasteiger charge is -2.32. The summed E-state index contributed by atoms with van der Waals surface area (Å²) in [4.78, 5) is 23.3. The first-order valence-corrected chi connectivity index (χ1v) is 13.8. The molecule has 2 saturated heterocycles. The van der Waals surface area contributed by atoms with Crippen molar-refractivity contribution >= 4 is 32.8 Å². The Morgan fingerprint density at radius 2 is 1.89 bits per heavy atom. The number of amidine groups is 1. The molecular weight excluding hydrogens is 502 g/mol. The molecule has 35 heavy (non-hydrogen) atoms. The molecule has 0 radical (unpaired) electrons. The van der Waals surface area contributed by atoms with Gasteiger partial charge in [0.2, 0.25) is 0 Å². The number of imidazole rings is 1. The van der Waals surface area contributed by atoms with E-state index in [0.29, 0.717) is 12.0 Å². The molecule has 0 amide bonds. The molecule has 0 saturated carbocycles. The number of H-pyrrole nitrogens is 1. The maximum absolute atomic E-state index is 12.7. The molecule has 0 bridgehead atoms.